The molecule has 2 nitrogen and oxygen atoms in total. The summed E-state index contributed by atoms with van der Waals surface area (Å²) in [6, 6.07) is 0. The van der Waals surface area contributed by atoms with E-state index in [2.05, 4.69) is 0 Å². The summed E-state index contributed by atoms with van der Waals surface area (Å²) < 4.78 is 110. The van der Waals surface area contributed by atoms with Gasteiger partial charge in [0.25, 0.3) is 0 Å². The SMILES string of the molecule is OCC(O)CC(F)(F)C(F)(F)C(F)(F)C(F)(F)F. The molecule has 0 aliphatic rings. The summed E-state index contributed by atoms with van der Waals surface area (Å²) in [6.07, 6.45) is -11.9. The number of halogens is 9. The van der Waals surface area contributed by atoms with E-state index >= 15 is 0 Å². The van der Waals surface area contributed by atoms with Crippen molar-refractivity contribution in [1.82, 2.24) is 0 Å². The Morgan fingerprint density at radius 3 is 1.44 bits per heavy atom. The van der Waals surface area contributed by atoms with Crippen molar-refractivity contribution in [2.75, 3.05) is 6.61 Å². The lowest BCUT2D eigenvalue weighted by Gasteiger charge is -2.34. The van der Waals surface area contributed by atoms with Gasteiger partial charge >= 0.3 is 23.9 Å². The van der Waals surface area contributed by atoms with Gasteiger partial charge in [0.15, 0.2) is 0 Å². The van der Waals surface area contributed by atoms with Gasteiger partial charge in [-0.2, -0.15) is 39.5 Å². The molecule has 0 aliphatic heterocycles. The van der Waals surface area contributed by atoms with Gasteiger partial charge in [0.1, 0.15) is 0 Å². The van der Waals surface area contributed by atoms with Gasteiger partial charge in [0.05, 0.1) is 12.7 Å². The zero-order chi connectivity index (χ0) is 15.0. The molecule has 0 aromatic heterocycles. The standard InChI is InChI=1S/C7H7F9O2/c8-4(9,1-3(18)2-17)5(10,11)6(12,13)7(14,15)16/h3,17-18H,1-2H2. The molecule has 0 heterocycles. The van der Waals surface area contributed by atoms with Gasteiger partial charge in [-0.1, -0.05) is 0 Å². The molecular weight excluding hydrogens is 287 g/mol. The quantitative estimate of drug-likeness (QED) is 0.763. The maximum absolute atomic E-state index is 12.7. The second-order valence-electron chi connectivity index (χ2n) is 3.39. The van der Waals surface area contributed by atoms with Gasteiger partial charge in [-0.25, -0.2) is 0 Å². The Kier molecular flexibility index (Phi) is 4.57. The molecule has 11 heteroatoms. The van der Waals surface area contributed by atoms with Crippen LogP contribution in [0, 0.1) is 0 Å². The van der Waals surface area contributed by atoms with Gasteiger partial charge < -0.3 is 10.2 Å². The first-order valence-electron chi connectivity index (χ1n) is 4.20. The van der Waals surface area contributed by atoms with E-state index in [-0.39, 0.29) is 0 Å². The maximum Gasteiger partial charge on any atom is 0.460 e. The summed E-state index contributed by atoms with van der Waals surface area (Å²) in [5, 5.41) is 16.5. The van der Waals surface area contributed by atoms with Crippen LogP contribution in [0.15, 0.2) is 0 Å². The van der Waals surface area contributed by atoms with E-state index in [1.807, 2.05) is 0 Å². The summed E-state index contributed by atoms with van der Waals surface area (Å²) in [5.41, 5.74) is 0. The number of alkyl halides is 9. The molecule has 0 fully saturated rings. The van der Waals surface area contributed by atoms with Crippen molar-refractivity contribution in [3.63, 3.8) is 0 Å². The summed E-state index contributed by atoms with van der Waals surface area (Å²) >= 11 is 0. The second-order valence-corrected chi connectivity index (χ2v) is 3.39. The number of hydrogen-bond donors (Lipinski definition) is 2. The van der Waals surface area contributed by atoms with E-state index < -0.39 is 43.1 Å². The van der Waals surface area contributed by atoms with Crippen molar-refractivity contribution < 1.29 is 49.7 Å². The Balaban J connectivity index is 5.36. The largest absolute Gasteiger partial charge is 0.460 e. The molecule has 1 atom stereocenters. The van der Waals surface area contributed by atoms with E-state index in [0.29, 0.717) is 0 Å². The van der Waals surface area contributed by atoms with E-state index in [1.165, 1.54) is 0 Å². The average molecular weight is 294 g/mol. The predicted molar refractivity (Wildman–Crippen MR) is 38.6 cm³/mol. The lowest BCUT2D eigenvalue weighted by molar-refractivity contribution is -0.398. The first kappa shape index (κ1) is 17.3. The average Bonchev–Trinajstić information content (AvgIpc) is 2.14. The minimum Gasteiger partial charge on any atom is -0.394 e. The first-order valence-corrected chi connectivity index (χ1v) is 4.20. The van der Waals surface area contributed by atoms with E-state index in [1.54, 1.807) is 0 Å². The summed E-state index contributed by atoms with van der Waals surface area (Å²) in [5.74, 6) is -19.6. The first-order chi connectivity index (χ1) is 7.70. The number of hydrogen-bond acceptors (Lipinski definition) is 2. The molecule has 0 rings (SSSR count). The molecule has 1 unspecified atom stereocenters. The molecule has 18 heavy (non-hydrogen) atoms. The highest BCUT2D eigenvalue weighted by Gasteiger charge is 2.81. The maximum atomic E-state index is 12.7. The highest BCUT2D eigenvalue weighted by Crippen LogP contribution is 2.54. The number of rotatable bonds is 5. The summed E-state index contributed by atoms with van der Waals surface area (Å²) in [6.45, 7) is -1.50. The van der Waals surface area contributed by atoms with Crippen LogP contribution in [0.4, 0.5) is 39.5 Å². The predicted octanol–water partition coefficient (Wildman–Crippen LogP) is 2.20. The van der Waals surface area contributed by atoms with Gasteiger partial charge in [-0.05, 0) is 0 Å². The molecule has 0 amide bonds. The third-order valence-corrected chi connectivity index (χ3v) is 1.91. The lowest BCUT2D eigenvalue weighted by atomic mass is 9.99. The molecular formula is C7H7F9O2. The molecule has 0 spiro atoms. The Hall–Kier alpha value is -0.710. The molecule has 2 N–H and O–H groups in total. The van der Waals surface area contributed by atoms with Gasteiger partial charge in [0, 0.05) is 6.42 Å². The Labute approximate surface area is 94.0 Å². The fourth-order valence-electron chi connectivity index (χ4n) is 0.896. The van der Waals surface area contributed by atoms with Crippen LogP contribution in [0.1, 0.15) is 6.42 Å². The fourth-order valence-corrected chi connectivity index (χ4v) is 0.896. The van der Waals surface area contributed by atoms with Crippen LogP contribution in [0.3, 0.4) is 0 Å². The Bertz CT molecular complexity index is 285. The fraction of sp³-hybridized carbons (Fsp3) is 1.00. The molecule has 0 aromatic rings. The monoisotopic (exact) mass is 294 g/mol. The van der Waals surface area contributed by atoms with Crippen LogP contribution in [-0.2, 0) is 0 Å². The molecule has 0 bridgehead atoms. The molecule has 0 saturated heterocycles. The van der Waals surface area contributed by atoms with Gasteiger partial charge in [-0.3, -0.25) is 0 Å². The topological polar surface area (TPSA) is 40.5 Å². The third kappa shape index (κ3) is 2.82. The smallest absolute Gasteiger partial charge is 0.394 e. The number of aliphatic hydroxyl groups excluding tert-OH is 2. The van der Waals surface area contributed by atoms with Crippen molar-refractivity contribution in [3.8, 4) is 0 Å². The van der Waals surface area contributed by atoms with Crippen LogP contribution >= 0.6 is 0 Å². The Morgan fingerprint density at radius 2 is 1.17 bits per heavy atom. The van der Waals surface area contributed by atoms with Crippen molar-refractivity contribution in [3.05, 3.63) is 0 Å². The molecule has 0 saturated carbocycles. The van der Waals surface area contributed by atoms with Crippen LogP contribution < -0.4 is 0 Å². The van der Waals surface area contributed by atoms with Crippen molar-refractivity contribution in [2.45, 2.75) is 36.5 Å². The number of aliphatic hydroxyl groups is 2. The van der Waals surface area contributed by atoms with Crippen LogP contribution in [0.25, 0.3) is 0 Å². The van der Waals surface area contributed by atoms with Gasteiger partial charge in [0.2, 0.25) is 0 Å². The zero-order valence-corrected chi connectivity index (χ0v) is 8.29. The Morgan fingerprint density at radius 1 is 0.778 bits per heavy atom. The molecule has 0 aromatic carbocycles. The van der Waals surface area contributed by atoms with E-state index in [9.17, 15) is 39.5 Å². The summed E-state index contributed by atoms with van der Waals surface area (Å²) in [4.78, 5) is 0. The highest BCUT2D eigenvalue weighted by atomic mass is 19.4. The van der Waals surface area contributed by atoms with Crippen LogP contribution in [-0.4, -0.2) is 46.9 Å². The second kappa shape index (κ2) is 4.76. The molecule has 0 aliphatic carbocycles. The molecule has 110 valence electrons. The van der Waals surface area contributed by atoms with Crippen molar-refractivity contribution in [1.29, 1.82) is 0 Å². The van der Waals surface area contributed by atoms with E-state index in [4.69, 9.17) is 10.2 Å². The third-order valence-electron chi connectivity index (χ3n) is 1.91. The lowest BCUT2D eigenvalue weighted by Crippen LogP contribution is -2.61. The van der Waals surface area contributed by atoms with Crippen molar-refractivity contribution in [2.24, 2.45) is 0 Å². The minimum absolute atomic E-state index is 1.50. The minimum atomic E-state index is -6.97. The van der Waals surface area contributed by atoms with Crippen LogP contribution in [0.2, 0.25) is 0 Å². The van der Waals surface area contributed by atoms with E-state index in [0.717, 1.165) is 0 Å². The summed E-state index contributed by atoms with van der Waals surface area (Å²) in [7, 11) is 0. The van der Waals surface area contributed by atoms with Gasteiger partial charge in [-0.15, -0.1) is 0 Å². The van der Waals surface area contributed by atoms with Crippen LogP contribution in [0.5, 0.6) is 0 Å². The highest BCUT2D eigenvalue weighted by molar-refractivity contribution is 5.00. The normalized spacial score (nSPS) is 16.8. The van der Waals surface area contributed by atoms with Crippen molar-refractivity contribution >= 4 is 0 Å². The molecule has 0 radical (unpaired) electrons. The zero-order valence-electron chi connectivity index (χ0n) is 8.29.